The smallest absolute Gasteiger partial charge is 0.191 e. The molecular weight excluding hydrogens is 405 g/mol. The van der Waals surface area contributed by atoms with Crippen molar-refractivity contribution in [2.24, 2.45) is 0 Å². The molecule has 0 atom stereocenters. The van der Waals surface area contributed by atoms with Crippen LogP contribution in [-0.2, 0) is 18.9 Å². The third kappa shape index (κ3) is 4.83. The molecule has 2 aromatic carbocycles. The summed E-state index contributed by atoms with van der Waals surface area (Å²) in [7, 11) is 0. The van der Waals surface area contributed by atoms with Gasteiger partial charge in [-0.05, 0) is 48.9 Å². The van der Waals surface area contributed by atoms with E-state index < -0.39 is 0 Å². The summed E-state index contributed by atoms with van der Waals surface area (Å²) in [6, 6.07) is 14.2. The van der Waals surface area contributed by atoms with E-state index in [4.69, 9.17) is 4.74 Å². The maximum atomic E-state index is 12.9. The number of hydrogen-bond donors (Lipinski definition) is 0. The van der Waals surface area contributed by atoms with Gasteiger partial charge in [0.25, 0.3) is 0 Å². The Labute approximate surface area is 158 Å². The minimum absolute atomic E-state index is 0.282. The topological polar surface area (TPSA) is 39.9 Å². The van der Waals surface area contributed by atoms with Crippen LogP contribution in [0.15, 0.2) is 58.2 Å². The molecular formula is C18H17BrFN3OS. The molecule has 1 heterocycles. The van der Waals surface area contributed by atoms with E-state index in [1.54, 1.807) is 23.9 Å². The monoisotopic (exact) mass is 421 g/mol. The molecule has 4 nitrogen and oxygen atoms in total. The van der Waals surface area contributed by atoms with Crippen LogP contribution in [0.4, 0.5) is 4.39 Å². The highest BCUT2D eigenvalue weighted by atomic mass is 79.9. The van der Waals surface area contributed by atoms with Crippen LogP contribution in [0.1, 0.15) is 18.3 Å². The first kappa shape index (κ1) is 17.9. The van der Waals surface area contributed by atoms with Gasteiger partial charge >= 0.3 is 0 Å². The molecule has 25 heavy (non-hydrogen) atoms. The first-order valence-corrected chi connectivity index (χ1v) is 9.61. The normalized spacial score (nSPS) is 10.8. The fourth-order valence-electron chi connectivity index (χ4n) is 2.26. The molecule has 0 radical (unpaired) electrons. The van der Waals surface area contributed by atoms with E-state index in [9.17, 15) is 4.39 Å². The van der Waals surface area contributed by atoms with Crippen molar-refractivity contribution in [3.63, 3.8) is 0 Å². The first-order valence-electron chi connectivity index (χ1n) is 7.83. The van der Waals surface area contributed by atoms with Crippen LogP contribution >= 0.6 is 27.7 Å². The van der Waals surface area contributed by atoms with E-state index >= 15 is 0 Å². The first-order chi connectivity index (χ1) is 12.2. The summed E-state index contributed by atoms with van der Waals surface area (Å²) in [5.41, 5.74) is 1.22. The van der Waals surface area contributed by atoms with Crippen molar-refractivity contribution in [2.45, 2.75) is 31.0 Å². The second-order valence-electron chi connectivity index (χ2n) is 5.30. The van der Waals surface area contributed by atoms with Gasteiger partial charge in [-0.25, -0.2) is 4.39 Å². The van der Waals surface area contributed by atoms with Crippen LogP contribution in [0.25, 0.3) is 0 Å². The summed E-state index contributed by atoms with van der Waals surface area (Å²) in [5.74, 6) is 1.90. The quantitative estimate of drug-likeness (QED) is 0.499. The third-order valence-corrected chi connectivity index (χ3v) is 5.14. The van der Waals surface area contributed by atoms with Gasteiger partial charge in [-0.2, -0.15) is 0 Å². The molecule has 130 valence electrons. The number of hydrogen-bond acceptors (Lipinski definition) is 4. The number of rotatable bonds is 7. The zero-order chi connectivity index (χ0) is 17.6. The highest BCUT2D eigenvalue weighted by Gasteiger charge is 2.12. The van der Waals surface area contributed by atoms with Crippen molar-refractivity contribution in [3.8, 4) is 5.75 Å². The van der Waals surface area contributed by atoms with Crippen LogP contribution in [-0.4, -0.2) is 14.8 Å². The Morgan fingerprint density at radius 3 is 2.48 bits per heavy atom. The van der Waals surface area contributed by atoms with Gasteiger partial charge in [0.05, 0.1) is 0 Å². The van der Waals surface area contributed by atoms with Crippen molar-refractivity contribution >= 4 is 27.7 Å². The number of nitrogens with zero attached hydrogens (tertiary/aromatic N) is 3. The predicted molar refractivity (Wildman–Crippen MR) is 100 cm³/mol. The van der Waals surface area contributed by atoms with Crippen molar-refractivity contribution < 1.29 is 9.13 Å². The zero-order valence-corrected chi connectivity index (χ0v) is 16.1. The summed E-state index contributed by atoms with van der Waals surface area (Å²) in [4.78, 5) is 0. The van der Waals surface area contributed by atoms with Crippen molar-refractivity contribution in [1.82, 2.24) is 14.8 Å². The van der Waals surface area contributed by atoms with E-state index in [0.29, 0.717) is 12.4 Å². The molecule has 1 aromatic heterocycles. The standard InChI is InChI=1S/C18H17BrFN3OS/c1-2-23-17(11-24-16-9-7-15(20)8-10-16)21-22-18(23)25-12-13-3-5-14(19)6-4-13/h3-10H,2,11-12H2,1H3. The Morgan fingerprint density at radius 2 is 1.80 bits per heavy atom. The van der Waals surface area contributed by atoms with Crippen LogP contribution in [0.5, 0.6) is 5.75 Å². The van der Waals surface area contributed by atoms with Crippen molar-refractivity contribution in [2.75, 3.05) is 0 Å². The van der Waals surface area contributed by atoms with Crippen molar-refractivity contribution in [1.29, 1.82) is 0 Å². The Balaban J connectivity index is 1.63. The van der Waals surface area contributed by atoms with Gasteiger partial charge in [-0.1, -0.05) is 39.8 Å². The van der Waals surface area contributed by atoms with E-state index in [2.05, 4.69) is 45.2 Å². The number of halogens is 2. The fraction of sp³-hybridized carbons (Fsp3) is 0.222. The average molecular weight is 422 g/mol. The fourth-order valence-corrected chi connectivity index (χ4v) is 3.50. The minimum atomic E-state index is -0.282. The van der Waals surface area contributed by atoms with Crippen LogP contribution < -0.4 is 4.74 Å². The molecule has 0 saturated carbocycles. The zero-order valence-electron chi connectivity index (χ0n) is 13.7. The van der Waals surface area contributed by atoms with Crippen LogP contribution in [0.2, 0.25) is 0 Å². The van der Waals surface area contributed by atoms with E-state index in [0.717, 1.165) is 27.8 Å². The lowest BCUT2D eigenvalue weighted by Crippen LogP contribution is -2.07. The van der Waals surface area contributed by atoms with E-state index in [-0.39, 0.29) is 5.82 Å². The van der Waals surface area contributed by atoms with Gasteiger partial charge in [0.2, 0.25) is 0 Å². The van der Waals surface area contributed by atoms with Crippen molar-refractivity contribution in [3.05, 3.63) is 70.2 Å². The van der Waals surface area contributed by atoms with Crippen LogP contribution in [0, 0.1) is 5.82 Å². The molecule has 0 aliphatic heterocycles. The Kier molecular flexibility index (Phi) is 6.09. The molecule has 0 amide bonds. The van der Waals surface area contributed by atoms with Gasteiger partial charge in [-0.15, -0.1) is 10.2 Å². The average Bonchev–Trinajstić information content (AvgIpc) is 3.02. The molecule has 7 heteroatoms. The largest absolute Gasteiger partial charge is 0.486 e. The van der Waals surface area contributed by atoms with E-state index in [1.807, 2.05) is 16.7 Å². The lowest BCUT2D eigenvalue weighted by Gasteiger charge is -2.09. The summed E-state index contributed by atoms with van der Waals surface area (Å²) in [6.07, 6.45) is 0. The van der Waals surface area contributed by atoms with Gasteiger partial charge in [-0.3, -0.25) is 0 Å². The van der Waals surface area contributed by atoms with Gasteiger partial charge < -0.3 is 9.30 Å². The number of benzene rings is 2. The second kappa shape index (κ2) is 8.49. The molecule has 3 aromatic rings. The highest BCUT2D eigenvalue weighted by molar-refractivity contribution is 9.10. The number of thioether (sulfide) groups is 1. The molecule has 0 unspecified atom stereocenters. The summed E-state index contributed by atoms with van der Waals surface area (Å²) < 4.78 is 21.7. The van der Waals surface area contributed by atoms with Crippen LogP contribution in [0.3, 0.4) is 0 Å². The Morgan fingerprint density at radius 1 is 1.08 bits per heavy atom. The Hall–Kier alpha value is -1.86. The lowest BCUT2D eigenvalue weighted by molar-refractivity contribution is 0.288. The van der Waals surface area contributed by atoms with Gasteiger partial charge in [0.15, 0.2) is 11.0 Å². The molecule has 0 saturated heterocycles. The second-order valence-corrected chi connectivity index (χ2v) is 7.16. The SMILES string of the molecule is CCn1c(COc2ccc(F)cc2)nnc1SCc1ccc(Br)cc1. The molecule has 0 N–H and O–H groups in total. The molecule has 0 spiro atoms. The van der Waals surface area contributed by atoms with Gasteiger partial charge in [0, 0.05) is 16.8 Å². The molecule has 0 fully saturated rings. The van der Waals surface area contributed by atoms with E-state index in [1.165, 1.54) is 17.7 Å². The summed E-state index contributed by atoms with van der Waals surface area (Å²) >= 11 is 5.08. The molecule has 3 rings (SSSR count). The third-order valence-electron chi connectivity index (χ3n) is 3.57. The highest BCUT2D eigenvalue weighted by Crippen LogP contribution is 2.23. The maximum absolute atomic E-state index is 12.9. The van der Waals surface area contributed by atoms with Gasteiger partial charge in [0.1, 0.15) is 18.2 Å². The number of ether oxygens (including phenoxy) is 1. The molecule has 0 aliphatic carbocycles. The number of aromatic nitrogens is 3. The summed E-state index contributed by atoms with van der Waals surface area (Å²) in [5, 5.41) is 9.37. The molecule has 0 aliphatic rings. The Bertz CT molecular complexity index is 754. The molecule has 0 bridgehead atoms. The predicted octanol–water partition coefficient (Wildman–Crippen LogP) is 5.07. The maximum Gasteiger partial charge on any atom is 0.191 e. The summed E-state index contributed by atoms with van der Waals surface area (Å²) in [6.45, 7) is 3.11. The lowest BCUT2D eigenvalue weighted by atomic mass is 10.2. The minimum Gasteiger partial charge on any atom is -0.486 e.